The minimum Gasteiger partial charge on any atom is -0.364 e. The quantitative estimate of drug-likeness (QED) is 0.0953. The lowest BCUT2D eigenvalue weighted by Gasteiger charge is -2.29. The molecule has 0 saturated heterocycles. The molecule has 0 unspecified atom stereocenters. The maximum atomic E-state index is 14.1. The molecule has 15 heteroatoms. The summed E-state index contributed by atoms with van der Waals surface area (Å²) in [6.07, 6.45) is 1.61. The van der Waals surface area contributed by atoms with Gasteiger partial charge in [0, 0.05) is 64.3 Å². The lowest BCUT2D eigenvalue weighted by Crippen LogP contribution is -2.30. The number of hydrogen-bond acceptors (Lipinski definition) is 4. The normalized spacial score (nSPS) is 12.6. The van der Waals surface area contributed by atoms with Gasteiger partial charge in [0.05, 0.1) is 32.7 Å². The van der Waals surface area contributed by atoms with Crippen LogP contribution < -0.4 is 10.2 Å². The van der Waals surface area contributed by atoms with Crippen LogP contribution in [0, 0.1) is 50.3 Å². The fraction of sp³-hybridized carbons (Fsp3) is 0.200. The molecule has 55 heavy (non-hydrogen) atoms. The van der Waals surface area contributed by atoms with Crippen molar-refractivity contribution < 1.29 is 17.6 Å². The maximum absolute atomic E-state index is 14.1. The van der Waals surface area contributed by atoms with Gasteiger partial charge in [-0.1, -0.05) is 39.1 Å². The van der Waals surface area contributed by atoms with Gasteiger partial charge in [0.15, 0.2) is 5.69 Å². The summed E-state index contributed by atoms with van der Waals surface area (Å²) in [5.74, 6) is -1.39. The molecule has 2 radical (unpaired) electrons. The first-order valence-corrected chi connectivity index (χ1v) is 17.5. The lowest BCUT2D eigenvalue weighted by molar-refractivity contribution is 0.588. The SMILES string of the molecule is Fc1cccc(F)c1-c1cc2c([nH]1)CCNC2.[B][BH3-].[C-]#[N+]c1ccc(Br)c(C)n1.[C-]#[N+]c1ccc(N2CCc3[nH]c(-c4c(F)cccc4F)cc3C2)c(C)n1. The third kappa shape index (κ3) is 9.55. The maximum Gasteiger partial charge on any atom is 0.269 e. The van der Waals surface area contributed by atoms with Crippen molar-refractivity contribution in [3.8, 4) is 22.5 Å². The molecule has 0 bridgehead atoms. The molecular formula is C40H36B2BrF4N8-. The van der Waals surface area contributed by atoms with Crippen LogP contribution in [0.3, 0.4) is 0 Å². The summed E-state index contributed by atoms with van der Waals surface area (Å²) in [7, 11) is 5.00. The van der Waals surface area contributed by atoms with E-state index in [9.17, 15) is 17.6 Å². The molecule has 278 valence electrons. The Labute approximate surface area is 328 Å². The van der Waals surface area contributed by atoms with Crippen LogP contribution in [0.2, 0.25) is 0 Å². The van der Waals surface area contributed by atoms with Gasteiger partial charge in [0.25, 0.3) is 11.6 Å². The molecule has 0 atom stereocenters. The number of halogens is 5. The van der Waals surface area contributed by atoms with Crippen LogP contribution in [-0.4, -0.2) is 48.5 Å². The summed E-state index contributed by atoms with van der Waals surface area (Å²) in [6.45, 7) is 20.5. The summed E-state index contributed by atoms with van der Waals surface area (Å²) < 4.78 is 56.3. The van der Waals surface area contributed by atoms with Crippen molar-refractivity contribution >= 4 is 48.7 Å². The molecule has 6 heterocycles. The van der Waals surface area contributed by atoms with E-state index in [1.807, 2.05) is 38.1 Å². The van der Waals surface area contributed by atoms with E-state index < -0.39 is 23.3 Å². The van der Waals surface area contributed by atoms with E-state index >= 15 is 0 Å². The first-order valence-electron chi connectivity index (χ1n) is 16.7. The zero-order chi connectivity index (χ0) is 39.6. The monoisotopic (exact) mass is 805 g/mol. The molecule has 3 N–H and O–H groups in total. The van der Waals surface area contributed by atoms with E-state index in [4.69, 9.17) is 20.9 Å². The van der Waals surface area contributed by atoms with Crippen LogP contribution in [0.15, 0.2) is 77.3 Å². The molecule has 6 aromatic rings. The van der Waals surface area contributed by atoms with E-state index in [1.165, 1.54) is 36.4 Å². The third-order valence-corrected chi connectivity index (χ3v) is 9.77. The van der Waals surface area contributed by atoms with Crippen molar-refractivity contribution in [1.82, 2.24) is 25.3 Å². The van der Waals surface area contributed by atoms with Gasteiger partial charge in [0.2, 0.25) is 0 Å². The predicted octanol–water partition coefficient (Wildman–Crippen LogP) is 8.52. The van der Waals surface area contributed by atoms with Crippen LogP contribution in [0.5, 0.6) is 0 Å². The number of aromatic nitrogens is 4. The molecule has 0 amide bonds. The largest absolute Gasteiger partial charge is 0.364 e. The van der Waals surface area contributed by atoms with Gasteiger partial charge >= 0.3 is 0 Å². The zero-order valence-corrected chi connectivity index (χ0v) is 31.0. The number of nitrogens with one attached hydrogen (secondary N) is 3. The van der Waals surface area contributed by atoms with Crippen molar-refractivity contribution in [2.24, 2.45) is 0 Å². The number of aryl methyl sites for hydroxylation is 2. The van der Waals surface area contributed by atoms with Crippen LogP contribution in [0.25, 0.3) is 32.2 Å². The number of pyridine rings is 2. The Morgan fingerprint density at radius 1 is 0.727 bits per heavy atom. The van der Waals surface area contributed by atoms with Crippen LogP contribution in [-0.2, 0) is 25.9 Å². The van der Waals surface area contributed by atoms with Crippen molar-refractivity contribution in [2.75, 3.05) is 18.0 Å². The Morgan fingerprint density at radius 3 is 1.75 bits per heavy atom. The first kappa shape index (κ1) is 40.6. The molecule has 2 aromatic carbocycles. The highest BCUT2D eigenvalue weighted by Gasteiger charge is 2.24. The molecule has 2 aliphatic rings. The van der Waals surface area contributed by atoms with E-state index in [-0.39, 0.29) is 18.9 Å². The third-order valence-electron chi connectivity index (χ3n) is 8.93. The van der Waals surface area contributed by atoms with Crippen molar-refractivity contribution in [2.45, 2.75) is 39.8 Å². The van der Waals surface area contributed by atoms with Gasteiger partial charge in [-0.05, 0) is 81.7 Å². The molecule has 0 spiro atoms. The van der Waals surface area contributed by atoms with Crippen molar-refractivity contribution in [1.29, 1.82) is 0 Å². The predicted molar refractivity (Wildman–Crippen MR) is 216 cm³/mol. The Kier molecular flexibility index (Phi) is 13.7. The molecule has 4 aromatic heterocycles. The lowest BCUT2D eigenvalue weighted by atomic mass is 9.81. The highest BCUT2D eigenvalue weighted by molar-refractivity contribution is 9.10. The number of anilines is 1. The Balaban J connectivity index is 0.000000171. The number of benzene rings is 2. The summed E-state index contributed by atoms with van der Waals surface area (Å²) in [5, 5.41) is 3.23. The second kappa shape index (κ2) is 18.6. The van der Waals surface area contributed by atoms with Gasteiger partial charge in [-0.3, -0.25) is 0 Å². The first-order chi connectivity index (χ1) is 26.6. The Hall–Kier alpha value is -5.63. The van der Waals surface area contributed by atoms with Crippen LogP contribution >= 0.6 is 15.9 Å². The molecule has 0 aliphatic carbocycles. The zero-order valence-electron chi connectivity index (χ0n) is 29.4. The molecule has 0 fully saturated rings. The Bertz CT molecular complexity index is 2320. The van der Waals surface area contributed by atoms with Gasteiger partial charge in [-0.25, -0.2) is 17.6 Å². The second-order valence-electron chi connectivity index (χ2n) is 12.4. The highest BCUT2D eigenvalue weighted by Crippen LogP contribution is 2.33. The van der Waals surface area contributed by atoms with Gasteiger partial charge < -0.3 is 29.9 Å². The molecule has 8 nitrogen and oxygen atoms in total. The average molecular weight is 806 g/mol. The van der Waals surface area contributed by atoms with Gasteiger partial charge in [-0.15, -0.1) is 9.97 Å². The van der Waals surface area contributed by atoms with Crippen LogP contribution in [0.4, 0.5) is 34.9 Å². The van der Waals surface area contributed by atoms with E-state index in [0.717, 1.165) is 76.5 Å². The number of hydrogen-bond donors (Lipinski definition) is 3. The summed E-state index contributed by atoms with van der Waals surface area (Å²) >= 11 is 3.29. The number of nitrogens with zero attached hydrogens (tertiary/aromatic N) is 5. The molecule has 8 rings (SSSR count). The molecule has 2 aliphatic heterocycles. The second-order valence-corrected chi connectivity index (χ2v) is 13.3. The Morgan fingerprint density at radius 2 is 1.24 bits per heavy atom. The van der Waals surface area contributed by atoms with Crippen LogP contribution in [0.1, 0.15) is 33.9 Å². The van der Waals surface area contributed by atoms with Gasteiger partial charge in [0.1, 0.15) is 29.0 Å². The molecular weight excluding hydrogens is 770 g/mol. The summed E-state index contributed by atoms with van der Waals surface area (Å²) in [5.41, 5.74) is 7.81. The van der Waals surface area contributed by atoms with E-state index in [2.05, 4.69) is 55.8 Å². The van der Waals surface area contributed by atoms with Crippen molar-refractivity contribution in [3.63, 3.8) is 0 Å². The smallest absolute Gasteiger partial charge is 0.269 e. The minimum atomic E-state index is -0.574. The number of aromatic amines is 2. The molecule has 0 saturated carbocycles. The van der Waals surface area contributed by atoms with Gasteiger partial charge in [-0.2, -0.15) is 7.74 Å². The highest BCUT2D eigenvalue weighted by atomic mass is 79.9. The minimum absolute atomic E-state index is 0.0206. The average Bonchev–Trinajstić information content (AvgIpc) is 3.81. The number of H-pyrrole nitrogens is 2. The fourth-order valence-corrected chi connectivity index (χ4v) is 6.53. The van der Waals surface area contributed by atoms with Crippen molar-refractivity contribution in [3.05, 3.63) is 157 Å². The van der Waals surface area contributed by atoms with E-state index in [1.54, 1.807) is 12.1 Å². The number of fused-ring (bicyclic) bond motifs is 2. The summed E-state index contributed by atoms with van der Waals surface area (Å²) in [4.78, 5) is 23.3. The summed E-state index contributed by atoms with van der Waals surface area (Å²) in [6, 6.07) is 18.6. The fourth-order valence-electron chi connectivity index (χ4n) is 6.31. The standard InChI is InChI=1S/C20H16F2N4.C13H12F2N2.C7H5BrN2.B2H3/c1-12-18(6-7-19(23-2)24-12)26-9-8-16-13(11-26)10-17(25-16)20-14(21)4-3-5-15(20)22;14-9-2-1-3-10(15)13(9)12-6-8-7-16-5-4-11(8)17-12;1-5-6(8)3-4-7(9-2)10-5;1-2/h3-7,10,25H,8-9,11H2,1H3;1-3,6,16-17H,4-5,7H2;3-4H,1H3;1H3/q;;;-1. The topological polar surface area (TPSA) is 81.4 Å². The number of rotatable bonds is 3. The van der Waals surface area contributed by atoms with E-state index in [0.29, 0.717) is 29.6 Å².